The van der Waals surface area contributed by atoms with Crippen LogP contribution in [0.5, 0.6) is 5.75 Å². The first kappa shape index (κ1) is 17.6. The molecule has 140 valence electrons. The lowest BCUT2D eigenvalue weighted by Crippen LogP contribution is -2.39. The van der Waals surface area contributed by atoms with Crippen LogP contribution in [-0.4, -0.2) is 55.9 Å². The Kier molecular flexibility index (Phi) is 5.27. The molecule has 4 rings (SSSR count). The first-order valence-electron chi connectivity index (χ1n) is 9.84. The van der Waals surface area contributed by atoms with Gasteiger partial charge in [-0.05, 0) is 49.6 Å². The maximum absolute atomic E-state index is 5.72. The summed E-state index contributed by atoms with van der Waals surface area (Å²) < 4.78 is 11.2. The van der Waals surface area contributed by atoms with Crippen molar-refractivity contribution in [2.75, 3.05) is 45.3 Å². The molecule has 2 aliphatic heterocycles. The summed E-state index contributed by atoms with van der Waals surface area (Å²) in [6, 6.07) is 6.71. The van der Waals surface area contributed by atoms with Gasteiger partial charge in [-0.1, -0.05) is 6.92 Å². The van der Waals surface area contributed by atoms with E-state index in [9.17, 15) is 0 Å². The van der Waals surface area contributed by atoms with Crippen molar-refractivity contribution in [3.8, 4) is 5.75 Å². The van der Waals surface area contributed by atoms with Gasteiger partial charge in [0.1, 0.15) is 5.75 Å². The summed E-state index contributed by atoms with van der Waals surface area (Å²) in [6.07, 6.45) is 4.19. The number of nitrogens with one attached hydrogen (secondary N) is 1. The molecule has 0 bridgehead atoms. The normalized spacial score (nSPS) is 19.2. The van der Waals surface area contributed by atoms with Gasteiger partial charge in [0.15, 0.2) is 0 Å². The summed E-state index contributed by atoms with van der Waals surface area (Å²) in [5.74, 6) is 0.882. The van der Waals surface area contributed by atoms with Crippen LogP contribution in [0.1, 0.15) is 31.0 Å². The number of aromatic nitrogens is 1. The van der Waals surface area contributed by atoms with Crippen LogP contribution in [0.15, 0.2) is 18.2 Å². The van der Waals surface area contributed by atoms with Gasteiger partial charge < -0.3 is 19.7 Å². The standard InChI is InChI=1S/C21H29N3O2/c1-3-24-10-6-15(7-11-24)22-21-17-8-12-26-13-9-20(17)23-19-5-4-16(25-2)14-18(19)21/h4-5,14-15H,3,6-13H2,1-2H3,(H,22,23). The zero-order valence-electron chi connectivity index (χ0n) is 15.9. The zero-order valence-corrected chi connectivity index (χ0v) is 15.9. The average Bonchev–Trinajstić information content (AvgIpc) is 2.93. The summed E-state index contributed by atoms with van der Waals surface area (Å²) in [5.41, 5.74) is 4.82. The fourth-order valence-electron chi connectivity index (χ4n) is 4.14. The first-order chi connectivity index (χ1) is 12.8. The van der Waals surface area contributed by atoms with Crippen molar-refractivity contribution in [2.24, 2.45) is 0 Å². The lowest BCUT2D eigenvalue weighted by atomic mass is 9.99. The highest BCUT2D eigenvalue weighted by molar-refractivity contribution is 5.94. The van der Waals surface area contributed by atoms with E-state index >= 15 is 0 Å². The molecule has 0 spiro atoms. The van der Waals surface area contributed by atoms with E-state index in [1.165, 1.54) is 48.3 Å². The molecule has 1 N–H and O–H groups in total. The van der Waals surface area contributed by atoms with Crippen molar-refractivity contribution in [3.63, 3.8) is 0 Å². The predicted molar refractivity (Wildman–Crippen MR) is 105 cm³/mol. The molecule has 5 heteroatoms. The molecule has 2 aliphatic rings. The number of piperidine rings is 1. The number of fused-ring (bicyclic) bond motifs is 2. The van der Waals surface area contributed by atoms with Crippen LogP contribution >= 0.6 is 0 Å². The van der Waals surface area contributed by atoms with Crippen molar-refractivity contribution in [2.45, 2.75) is 38.6 Å². The Morgan fingerprint density at radius 3 is 2.81 bits per heavy atom. The van der Waals surface area contributed by atoms with E-state index in [-0.39, 0.29) is 0 Å². The van der Waals surface area contributed by atoms with Crippen LogP contribution < -0.4 is 10.1 Å². The summed E-state index contributed by atoms with van der Waals surface area (Å²) in [4.78, 5) is 7.47. The van der Waals surface area contributed by atoms with Gasteiger partial charge in [0.05, 0.1) is 25.8 Å². The lowest BCUT2D eigenvalue weighted by molar-refractivity contribution is 0.146. The molecule has 0 saturated carbocycles. The second-order valence-electron chi connectivity index (χ2n) is 7.26. The molecule has 3 heterocycles. The SMILES string of the molecule is CCN1CCC(Nc2c3c(nc4ccc(OC)cc24)CCOCC3)CC1. The van der Waals surface area contributed by atoms with Gasteiger partial charge in [-0.3, -0.25) is 4.98 Å². The maximum Gasteiger partial charge on any atom is 0.119 e. The highest BCUT2D eigenvalue weighted by atomic mass is 16.5. The van der Waals surface area contributed by atoms with Gasteiger partial charge in [-0.15, -0.1) is 0 Å². The molecule has 0 aliphatic carbocycles. The molecule has 5 nitrogen and oxygen atoms in total. The summed E-state index contributed by atoms with van der Waals surface area (Å²) in [5, 5.41) is 5.07. The van der Waals surface area contributed by atoms with Gasteiger partial charge in [0, 0.05) is 42.3 Å². The van der Waals surface area contributed by atoms with Crippen LogP contribution in [0.25, 0.3) is 10.9 Å². The molecule has 0 amide bonds. The quantitative estimate of drug-likeness (QED) is 0.912. The van der Waals surface area contributed by atoms with Gasteiger partial charge in [-0.25, -0.2) is 0 Å². The Hall–Kier alpha value is -1.85. The Bertz CT molecular complexity index is 769. The minimum absolute atomic E-state index is 0.517. The van der Waals surface area contributed by atoms with Crippen LogP contribution in [0.4, 0.5) is 5.69 Å². The third-order valence-electron chi connectivity index (χ3n) is 5.74. The second-order valence-corrected chi connectivity index (χ2v) is 7.26. The largest absolute Gasteiger partial charge is 0.497 e. The number of rotatable bonds is 4. The number of likely N-dealkylation sites (tertiary alicyclic amines) is 1. The van der Waals surface area contributed by atoms with Gasteiger partial charge in [-0.2, -0.15) is 0 Å². The summed E-state index contributed by atoms with van der Waals surface area (Å²) in [6.45, 7) is 7.27. The van der Waals surface area contributed by atoms with E-state index in [4.69, 9.17) is 14.5 Å². The second kappa shape index (κ2) is 7.80. The highest BCUT2D eigenvalue weighted by Crippen LogP contribution is 2.34. The Balaban J connectivity index is 1.73. The molecule has 1 aromatic heterocycles. The van der Waals surface area contributed by atoms with E-state index in [0.29, 0.717) is 6.04 Å². The van der Waals surface area contributed by atoms with Crippen LogP contribution in [0.3, 0.4) is 0 Å². The van der Waals surface area contributed by atoms with Gasteiger partial charge in [0.2, 0.25) is 0 Å². The smallest absolute Gasteiger partial charge is 0.119 e. The molecule has 2 aromatic rings. The number of nitrogens with zero attached hydrogens (tertiary/aromatic N) is 2. The van der Waals surface area contributed by atoms with Crippen molar-refractivity contribution in [1.82, 2.24) is 9.88 Å². The molecule has 26 heavy (non-hydrogen) atoms. The number of ether oxygens (including phenoxy) is 2. The van der Waals surface area contributed by atoms with E-state index in [1.807, 2.05) is 6.07 Å². The monoisotopic (exact) mass is 355 g/mol. The number of methoxy groups -OCH3 is 1. The number of benzene rings is 1. The van der Waals surface area contributed by atoms with Crippen molar-refractivity contribution < 1.29 is 9.47 Å². The molecule has 0 radical (unpaired) electrons. The van der Waals surface area contributed by atoms with Crippen molar-refractivity contribution >= 4 is 16.6 Å². The Morgan fingerprint density at radius 2 is 2.04 bits per heavy atom. The number of pyridine rings is 1. The minimum Gasteiger partial charge on any atom is -0.497 e. The summed E-state index contributed by atoms with van der Waals surface area (Å²) in [7, 11) is 1.72. The average molecular weight is 355 g/mol. The topological polar surface area (TPSA) is 46.6 Å². The third-order valence-corrected chi connectivity index (χ3v) is 5.74. The number of anilines is 1. The summed E-state index contributed by atoms with van der Waals surface area (Å²) >= 11 is 0. The predicted octanol–water partition coefficient (Wildman–Crippen LogP) is 3.25. The van der Waals surface area contributed by atoms with E-state index in [2.05, 4.69) is 29.3 Å². The number of hydrogen-bond donors (Lipinski definition) is 1. The molecule has 0 unspecified atom stereocenters. The number of hydrogen-bond acceptors (Lipinski definition) is 5. The van der Waals surface area contributed by atoms with Crippen molar-refractivity contribution in [1.29, 1.82) is 0 Å². The highest BCUT2D eigenvalue weighted by Gasteiger charge is 2.23. The lowest BCUT2D eigenvalue weighted by Gasteiger charge is -2.33. The third kappa shape index (κ3) is 3.51. The van der Waals surface area contributed by atoms with E-state index < -0.39 is 0 Å². The molecule has 0 atom stereocenters. The van der Waals surface area contributed by atoms with Crippen LogP contribution in [0, 0.1) is 0 Å². The zero-order chi connectivity index (χ0) is 17.9. The van der Waals surface area contributed by atoms with E-state index in [0.717, 1.165) is 43.9 Å². The van der Waals surface area contributed by atoms with Gasteiger partial charge in [0.25, 0.3) is 0 Å². The molecule has 1 saturated heterocycles. The van der Waals surface area contributed by atoms with Crippen LogP contribution in [-0.2, 0) is 17.6 Å². The molecular formula is C21H29N3O2. The maximum atomic E-state index is 5.72. The first-order valence-corrected chi connectivity index (χ1v) is 9.84. The Morgan fingerprint density at radius 1 is 1.23 bits per heavy atom. The van der Waals surface area contributed by atoms with Crippen LogP contribution in [0.2, 0.25) is 0 Å². The molecule has 1 aromatic carbocycles. The fourth-order valence-corrected chi connectivity index (χ4v) is 4.14. The Labute approximate surface area is 155 Å². The van der Waals surface area contributed by atoms with Crippen molar-refractivity contribution in [3.05, 3.63) is 29.5 Å². The fraction of sp³-hybridized carbons (Fsp3) is 0.571. The van der Waals surface area contributed by atoms with Gasteiger partial charge >= 0.3 is 0 Å². The minimum atomic E-state index is 0.517. The molecule has 1 fully saturated rings. The molecular weight excluding hydrogens is 326 g/mol. The van der Waals surface area contributed by atoms with E-state index in [1.54, 1.807) is 7.11 Å².